The van der Waals surface area contributed by atoms with Gasteiger partial charge in [0.2, 0.25) is 5.91 Å². The van der Waals surface area contributed by atoms with Crippen molar-refractivity contribution in [1.29, 1.82) is 0 Å². The SMILES string of the molecule is O=C([C@H]1C[C@H](F)CN1)N1CCCCCC1. The Morgan fingerprint density at radius 3 is 2.40 bits per heavy atom. The summed E-state index contributed by atoms with van der Waals surface area (Å²) < 4.78 is 12.9. The fourth-order valence-electron chi connectivity index (χ4n) is 2.39. The summed E-state index contributed by atoms with van der Waals surface area (Å²) in [4.78, 5) is 13.9. The molecule has 1 amide bonds. The lowest BCUT2D eigenvalue weighted by Gasteiger charge is -2.23. The molecule has 0 spiro atoms. The first-order chi connectivity index (χ1) is 7.27. The Hall–Kier alpha value is -0.640. The Morgan fingerprint density at radius 2 is 1.87 bits per heavy atom. The van der Waals surface area contributed by atoms with Crippen molar-refractivity contribution in [2.24, 2.45) is 0 Å². The molecule has 15 heavy (non-hydrogen) atoms. The molecule has 0 saturated carbocycles. The first kappa shape index (κ1) is 10.9. The van der Waals surface area contributed by atoms with E-state index in [1.807, 2.05) is 4.90 Å². The fourth-order valence-corrected chi connectivity index (χ4v) is 2.39. The number of nitrogens with one attached hydrogen (secondary N) is 1. The number of likely N-dealkylation sites (tertiary alicyclic amines) is 1. The summed E-state index contributed by atoms with van der Waals surface area (Å²) in [6.45, 7) is 2.05. The minimum absolute atomic E-state index is 0.108. The van der Waals surface area contributed by atoms with E-state index in [4.69, 9.17) is 0 Å². The summed E-state index contributed by atoms with van der Waals surface area (Å²) in [6.07, 6.45) is 4.14. The van der Waals surface area contributed by atoms with Crippen LogP contribution in [-0.4, -0.2) is 42.7 Å². The van der Waals surface area contributed by atoms with Crippen molar-refractivity contribution in [3.63, 3.8) is 0 Å². The number of hydrogen-bond acceptors (Lipinski definition) is 2. The molecule has 86 valence electrons. The van der Waals surface area contributed by atoms with Gasteiger partial charge in [-0.05, 0) is 12.8 Å². The van der Waals surface area contributed by atoms with Crippen molar-refractivity contribution < 1.29 is 9.18 Å². The molecule has 0 aromatic rings. The van der Waals surface area contributed by atoms with Gasteiger partial charge in [-0.3, -0.25) is 4.79 Å². The van der Waals surface area contributed by atoms with Crippen LogP contribution < -0.4 is 5.32 Å². The highest BCUT2D eigenvalue weighted by Crippen LogP contribution is 2.16. The molecule has 0 aromatic heterocycles. The summed E-state index contributed by atoms with van der Waals surface area (Å²) in [5.74, 6) is 0.108. The minimum atomic E-state index is -0.842. The van der Waals surface area contributed by atoms with Gasteiger partial charge >= 0.3 is 0 Å². The molecule has 0 aliphatic carbocycles. The van der Waals surface area contributed by atoms with Crippen molar-refractivity contribution in [2.45, 2.75) is 44.3 Å². The second-order valence-electron chi connectivity index (χ2n) is 4.53. The summed E-state index contributed by atoms with van der Waals surface area (Å²) in [7, 11) is 0. The lowest BCUT2D eigenvalue weighted by molar-refractivity contribution is -0.133. The zero-order valence-electron chi connectivity index (χ0n) is 9.04. The second-order valence-corrected chi connectivity index (χ2v) is 4.53. The molecule has 0 radical (unpaired) electrons. The van der Waals surface area contributed by atoms with E-state index in [1.165, 1.54) is 12.8 Å². The van der Waals surface area contributed by atoms with Gasteiger partial charge in [-0.25, -0.2) is 4.39 Å². The largest absolute Gasteiger partial charge is 0.341 e. The predicted octanol–water partition coefficient (Wildman–Crippen LogP) is 1.09. The minimum Gasteiger partial charge on any atom is -0.341 e. The number of carbonyl (C=O) groups excluding carboxylic acids is 1. The number of carbonyl (C=O) groups is 1. The zero-order valence-corrected chi connectivity index (χ0v) is 9.04. The lowest BCUT2D eigenvalue weighted by atomic mass is 10.2. The highest BCUT2D eigenvalue weighted by molar-refractivity contribution is 5.82. The van der Waals surface area contributed by atoms with Gasteiger partial charge in [0.05, 0.1) is 6.04 Å². The molecule has 2 saturated heterocycles. The molecule has 0 bridgehead atoms. The van der Waals surface area contributed by atoms with Crippen molar-refractivity contribution in [3.05, 3.63) is 0 Å². The highest BCUT2D eigenvalue weighted by atomic mass is 19.1. The molecule has 0 aromatic carbocycles. The molecule has 2 aliphatic rings. The second kappa shape index (κ2) is 4.92. The van der Waals surface area contributed by atoms with Crippen LogP contribution in [0.4, 0.5) is 4.39 Å². The van der Waals surface area contributed by atoms with Crippen LogP contribution in [0.2, 0.25) is 0 Å². The molecule has 2 atom stereocenters. The molecule has 3 nitrogen and oxygen atoms in total. The Balaban J connectivity index is 1.88. The van der Waals surface area contributed by atoms with E-state index in [2.05, 4.69) is 5.32 Å². The van der Waals surface area contributed by atoms with Gasteiger partial charge < -0.3 is 10.2 Å². The van der Waals surface area contributed by atoms with E-state index in [0.717, 1.165) is 25.9 Å². The Morgan fingerprint density at radius 1 is 1.20 bits per heavy atom. The molecular formula is C11H19FN2O. The van der Waals surface area contributed by atoms with Gasteiger partial charge in [-0.2, -0.15) is 0 Å². The number of amides is 1. The van der Waals surface area contributed by atoms with Crippen LogP contribution in [0.3, 0.4) is 0 Å². The van der Waals surface area contributed by atoms with E-state index in [-0.39, 0.29) is 11.9 Å². The summed E-state index contributed by atoms with van der Waals surface area (Å²) in [5.41, 5.74) is 0. The molecule has 1 N–H and O–H groups in total. The maximum Gasteiger partial charge on any atom is 0.239 e. The van der Waals surface area contributed by atoms with Crippen molar-refractivity contribution in [2.75, 3.05) is 19.6 Å². The van der Waals surface area contributed by atoms with Crippen LogP contribution in [0, 0.1) is 0 Å². The van der Waals surface area contributed by atoms with Crippen LogP contribution in [0.1, 0.15) is 32.1 Å². The van der Waals surface area contributed by atoms with Gasteiger partial charge in [0.1, 0.15) is 6.17 Å². The first-order valence-corrected chi connectivity index (χ1v) is 5.93. The maximum atomic E-state index is 12.9. The molecule has 2 rings (SSSR count). The summed E-state index contributed by atoms with van der Waals surface area (Å²) >= 11 is 0. The quantitative estimate of drug-likeness (QED) is 0.708. The summed E-state index contributed by atoms with van der Waals surface area (Å²) in [5, 5.41) is 2.96. The predicted molar refractivity (Wildman–Crippen MR) is 56.4 cm³/mol. The third kappa shape index (κ3) is 2.68. The third-order valence-corrected chi connectivity index (χ3v) is 3.29. The normalized spacial score (nSPS) is 32.7. The average Bonchev–Trinajstić information content (AvgIpc) is 2.53. The van der Waals surface area contributed by atoms with E-state index >= 15 is 0 Å². The third-order valence-electron chi connectivity index (χ3n) is 3.29. The Kier molecular flexibility index (Phi) is 3.57. The topological polar surface area (TPSA) is 32.3 Å². The van der Waals surface area contributed by atoms with Gasteiger partial charge in [-0.15, -0.1) is 0 Å². The lowest BCUT2D eigenvalue weighted by Crippen LogP contribution is -2.43. The number of alkyl halides is 1. The molecule has 4 heteroatoms. The van der Waals surface area contributed by atoms with Crippen LogP contribution >= 0.6 is 0 Å². The fraction of sp³-hybridized carbons (Fsp3) is 0.909. The standard InChI is InChI=1S/C11H19FN2O/c12-9-7-10(13-8-9)11(15)14-5-3-1-2-4-6-14/h9-10,13H,1-8H2/t9-,10+/m0/s1. The first-order valence-electron chi connectivity index (χ1n) is 5.93. The van der Waals surface area contributed by atoms with Gasteiger partial charge in [0.15, 0.2) is 0 Å². The van der Waals surface area contributed by atoms with E-state index in [9.17, 15) is 9.18 Å². The van der Waals surface area contributed by atoms with Crippen LogP contribution in [0.5, 0.6) is 0 Å². The van der Waals surface area contributed by atoms with Crippen molar-refractivity contribution in [1.82, 2.24) is 10.2 Å². The van der Waals surface area contributed by atoms with Crippen LogP contribution in [0.15, 0.2) is 0 Å². The van der Waals surface area contributed by atoms with Gasteiger partial charge in [0.25, 0.3) is 0 Å². The average molecular weight is 214 g/mol. The summed E-state index contributed by atoms with van der Waals surface area (Å²) in [6, 6.07) is -0.266. The van der Waals surface area contributed by atoms with Crippen molar-refractivity contribution >= 4 is 5.91 Å². The smallest absolute Gasteiger partial charge is 0.239 e. The van der Waals surface area contributed by atoms with E-state index in [1.54, 1.807) is 0 Å². The molecule has 2 heterocycles. The maximum absolute atomic E-state index is 12.9. The van der Waals surface area contributed by atoms with Crippen LogP contribution in [-0.2, 0) is 4.79 Å². The van der Waals surface area contributed by atoms with E-state index in [0.29, 0.717) is 13.0 Å². The molecular weight excluding hydrogens is 195 g/mol. The molecule has 0 unspecified atom stereocenters. The van der Waals surface area contributed by atoms with Crippen molar-refractivity contribution in [3.8, 4) is 0 Å². The van der Waals surface area contributed by atoms with Crippen LogP contribution in [0.25, 0.3) is 0 Å². The Bertz CT molecular complexity index is 227. The van der Waals surface area contributed by atoms with Gasteiger partial charge in [-0.1, -0.05) is 12.8 Å². The van der Waals surface area contributed by atoms with E-state index < -0.39 is 6.17 Å². The number of halogens is 1. The highest BCUT2D eigenvalue weighted by Gasteiger charge is 2.32. The monoisotopic (exact) mass is 214 g/mol. The molecule has 2 aliphatic heterocycles. The Labute approximate surface area is 90.0 Å². The molecule has 2 fully saturated rings. The number of rotatable bonds is 1. The number of nitrogens with zero attached hydrogens (tertiary/aromatic N) is 1. The number of hydrogen-bond donors (Lipinski definition) is 1. The zero-order chi connectivity index (χ0) is 10.7. The van der Waals surface area contributed by atoms with Gasteiger partial charge in [0, 0.05) is 26.1 Å².